The SMILES string of the molecule is CCl.O=[PH](O)O[PH](=O)O. The second-order valence-electron chi connectivity index (χ2n) is 0.634. The molecule has 0 aliphatic rings. The van der Waals surface area contributed by atoms with Crippen molar-refractivity contribution in [3.8, 4) is 0 Å². The van der Waals surface area contributed by atoms with Crippen LogP contribution < -0.4 is 0 Å². The quantitative estimate of drug-likeness (QED) is 0.500. The van der Waals surface area contributed by atoms with Gasteiger partial charge in [0.25, 0.3) is 0 Å². The van der Waals surface area contributed by atoms with Crippen LogP contribution in [0.2, 0.25) is 0 Å². The zero-order valence-electron chi connectivity index (χ0n) is 4.50. The third-order valence-corrected chi connectivity index (χ3v) is 1.57. The Hall–Kier alpha value is 0.630. The molecule has 0 aliphatic heterocycles. The number of alkyl halides is 1. The van der Waals surface area contributed by atoms with E-state index in [0.717, 1.165) is 0 Å². The van der Waals surface area contributed by atoms with Gasteiger partial charge in [0.1, 0.15) is 0 Å². The van der Waals surface area contributed by atoms with E-state index in [2.05, 4.69) is 15.9 Å². The van der Waals surface area contributed by atoms with Gasteiger partial charge in [-0.2, -0.15) is 0 Å². The summed E-state index contributed by atoms with van der Waals surface area (Å²) < 4.78 is 22.3. The van der Waals surface area contributed by atoms with Crippen LogP contribution in [-0.2, 0) is 13.4 Å². The highest BCUT2D eigenvalue weighted by atomic mass is 35.5. The molecule has 5 nitrogen and oxygen atoms in total. The predicted octanol–water partition coefficient (Wildman–Crippen LogP) is 0.622. The molecule has 0 aliphatic carbocycles. The first kappa shape index (κ1) is 12.3. The minimum atomic E-state index is -3.20. The minimum Gasteiger partial charge on any atom is -0.326 e. The molecule has 2 atom stereocenters. The van der Waals surface area contributed by atoms with E-state index >= 15 is 0 Å². The van der Waals surface area contributed by atoms with Crippen LogP contribution in [0.5, 0.6) is 0 Å². The third-order valence-electron chi connectivity index (χ3n) is 0.175. The summed E-state index contributed by atoms with van der Waals surface area (Å²) in [6, 6.07) is 0. The molecular weight excluding hydrogens is 189 g/mol. The molecule has 0 aromatic heterocycles. The summed E-state index contributed by atoms with van der Waals surface area (Å²) in [6.07, 6.45) is 1.47. The first-order chi connectivity index (χ1) is 4.13. The van der Waals surface area contributed by atoms with Crippen LogP contribution in [0.4, 0.5) is 0 Å². The van der Waals surface area contributed by atoms with Crippen molar-refractivity contribution in [1.29, 1.82) is 0 Å². The number of hydrogen-bond donors (Lipinski definition) is 2. The maximum Gasteiger partial charge on any atom is 0.323 e. The zero-order chi connectivity index (χ0) is 7.86. The molecular formula is CH7ClO5P2. The highest BCUT2D eigenvalue weighted by molar-refractivity contribution is 7.46. The molecule has 0 fully saturated rings. The van der Waals surface area contributed by atoms with Crippen LogP contribution >= 0.6 is 28.1 Å². The van der Waals surface area contributed by atoms with Crippen molar-refractivity contribution in [1.82, 2.24) is 0 Å². The molecule has 2 unspecified atom stereocenters. The van der Waals surface area contributed by atoms with Gasteiger partial charge in [-0.3, -0.25) is 9.13 Å². The standard InChI is InChI=1S/CH3Cl.H4O5P2/c1-2;1-6(2)5-7(3)4/h1H3;6-7H,(H,1,2)(H,3,4). The van der Waals surface area contributed by atoms with Gasteiger partial charge >= 0.3 is 16.5 Å². The molecule has 0 saturated heterocycles. The van der Waals surface area contributed by atoms with Gasteiger partial charge in [-0.05, 0) is 0 Å². The molecule has 8 heteroatoms. The van der Waals surface area contributed by atoms with Crippen LogP contribution in [0.15, 0.2) is 0 Å². The van der Waals surface area contributed by atoms with E-state index in [9.17, 15) is 9.13 Å². The minimum absolute atomic E-state index is 1.47. The van der Waals surface area contributed by atoms with Gasteiger partial charge in [0, 0.05) is 6.38 Å². The first-order valence-corrected chi connectivity index (χ1v) is 4.93. The lowest BCUT2D eigenvalue weighted by molar-refractivity contribution is 0.371. The summed E-state index contributed by atoms with van der Waals surface area (Å²) in [5.74, 6) is 0. The van der Waals surface area contributed by atoms with Crippen molar-refractivity contribution in [3.05, 3.63) is 0 Å². The average molecular weight is 196 g/mol. The van der Waals surface area contributed by atoms with E-state index in [1.807, 2.05) is 0 Å². The van der Waals surface area contributed by atoms with Crippen molar-refractivity contribution in [2.75, 3.05) is 6.38 Å². The van der Waals surface area contributed by atoms with Crippen molar-refractivity contribution in [3.63, 3.8) is 0 Å². The molecule has 0 aromatic rings. The summed E-state index contributed by atoms with van der Waals surface area (Å²) in [5.41, 5.74) is 0. The predicted molar refractivity (Wildman–Crippen MR) is 35.3 cm³/mol. The molecule has 0 saturated carbocycles. The molecule has 0 radical (unpaired) electrons. The highest BCUT2D eigenvalue weighted by Crippen LogP contribution is 2.30. The number of halogens is 1. The Labute approximate surface area is 58.5 Å². The van der Waals surface area contributed by atoms with E-state index in [4.69, 9.17) is 9.79 Å². The Balaban J connectivity index is 0. The fourth-order valence-electron chi connectivity index (χ4n) is 0.0747. The second kappa shape index (κ2) is 8.63. The van der Waals surface area contributed by atoms with Crippen LogP contribution in [0.1, 0.15) is 0 Å². The maximum absolute atomic E-state index is 9.44. The van der Waals surface area contributed by atoms with Gasteiger partial charge in [0.05, 0.1) is 0 Å². The zero-order valence-corrected chi connectivity index (χ0v) is 7.25. The van der Waals surface area contributed by atoms with Gasteiger partial charge < -0.3 is 9.79 Å². The van der Waals surface area contributed by atoms with Gasteiger partial charge in [0.15, 0.2) is 0 Å². The number of hydrogen-bond acceptors (Lipinski definition) is 3. The fourth-order valence-corrected chi connectivity index (χ4v) is 0.672. The van der Waals surface area contributed by atoms with Crippen molar-refractivity contribution >= 4 is 28.1 Å². The summed E-state index contributed by atoms with van der Waals surface area (Å²) >= 11 is 4.64. The van der Waals surface area contributed by atoms with E-state index in [1.165, 1.54) is 6.38 Å². The first-order valence-electron chi connectivity index (χ1n) is 1.64. The second-order valence-corrected chi connectivity index (χ2v) is 2.51. The van der Waals surface area contributed by atoms with Crippen LogP contribution in [0.25, 0.3) is 0 Å². The average Bonchev–Trinajstić information content (AvgIpc) is 1.68. The number of rotatable bonds is 2. The van der Waals surface area contributed by atoms with Gasteiger partial charge in [-0.15, -0.1) is 11.6 Å². The molecule has 0 heterocycles. The van der Waals surface area contributed by atoms with Crippen molar-refractivity contribution < 1.29 is 23.2 Å². The highest BCUT2D eigenvalue weighted by Gasteiger charge is 1.93. The molecule has 0 amide bonds. The van der Waals surface area contributed by atoms with Gasteiger partial charge in [0.2, 0.25) is 0 Å². The van der Waals surface area contributed by atoms with Crippen LogP contribution in [0, 0.1) is 0 Å². The lowest BCUT2D eigenvalue weighted by Crippen LogP contribution is -1.58. The Morgan fingerprint density at radius 2 is 1.44 bits per heavy atom. The summed E-state index contributed by atoms with van der Waals surface area (Å²) in [7, 11) is -6.40. The normalized spacial score (nSPS) is 15.1. The molecule has 2 N–H and O–H groups in total. The Kier molecular flexibility index (Phi) is 11.8. The molecule has 58 valence electrons. The molecule has 9 heavy (non-hydrogen) atoms. The Morgan fingerprint density at radius 3 is 1.44 bits per heavy atom. The van der Waals surface area contributed by atoms with E-state index < -0.39 is 16.5 Å². The molecule has 0 rings (SSSR count). The largest absolute Gasteiger partial charge is 0.326 e. The molecule has 0 spiro atoms. The topological polar surface area (TPSA) is 83.8 Å². The van der Waals surface area contributed by atoms with Crippen LogP contribution in [-0.4, -0.2) is 16.2 Å². The lowest BCUT2D eigenvalue weighted by Gasteiger charge is -1.86. The smallest absolute Gasteiger partial charge is 0.323 e. The Bertz CT molecular complexity index is 91.1. The Morgan fingerprint density at radius 1 is 1.22 bits per heavy atom. The van der Waals surface area contributed by atoms with E-state index in [0.29, 0.717) is 0 Å². The summed E-state index contributed by atoms with van der Waals surface area (Å²) in [4.78, 5) is 15.4. The van der Waals surface area contributed by atoms with Crippen LogP contribution in [0.3, 0.4) is 0 Å². The molecule has 0 bridgehead atoms. The summed E-state index contributed by atoms with van der Waals surface area (Å²) in [5, 5.41) is 0. The fraction of sp³-hybridized carbons (Fsp3) is 1.00. The van der Waals surface area contributed by atoms with Gasteiger partial charge in [-0.1, -0.05) is 0 Å². The van der Waals surface area contributed by atoms with E-state index in [-0.39, 0.29) is 0 Å². The van der Waals surface area contributed by atoms with Crippen molar-refractivity contribution in [2.24, 2.45) is 0 Å². The third kappa shape index (κ3) is 17.7. The molecule has 0 aromatic carbocycles. The maximum atomic E-state index is 9.44. The monoisotopic (exact) mass is 196 g/mol. The van der Waals surface area contributed by atoms with Crippen molar-refractivity contribution in [2.45, 2.75) is 0 Å². The van der Waals surface area contributed by atoms with E-state index in [1.54, 1.807) is 0 Å². The summed E-state index contributed by atoms with van der Waals surface area (Å²) in [6.45, 7) is 0. The lowest BCUT2D eigenvalue weighted by atomic mass is 12.0. The van der Waals surface area contributed by atoms with Gasteiger partial charge in [-0.25, -0.2) is 4.31 Å².